The molecule has 2 aromatic heterocycles. The molecule has 1 N–H and O–H groups in total. The van der Waals surface area contributed by atoms with Crippen molar-refractivity contribution in [2.24, 2.45) is 0 Å². The molecule has 0 bridgehead atoms. The average Bonchev–Trinajstić information content (AvgIpc) is 3.38. The lowest BCUT2D eigenvalue weighted by Crippen LogP contribution is -2.56. The lowest BCUT2D eigenvalue weighted by atomic mass is 10.1. The summed E-state index contributed by atoms with van der Waals surface area (Å²) in [5.41, 5.74) is 0.972. The van der Waals surface area contributed by atoms with Crippen LogP contribution < -0.4 is 15.0 Å². The standard InChI is InChI=1S/C24H28ClN7O3/c1-3-35-20-6-4-18(5-7-20)14-27-23(34)12-19-15-30(17(2)33)10-11-32(19)22-13-21(25)28-24(29-22)31-9-8-26-16-31/h4-9,13,16,19H,3,10-12,14-15H2,1-2H3,(H,27,34). The number of piperazine rings is 1. The fourth-order valence-corrected chi connectivity index (χ4v) is 4.18. The van der Waals surface area contributed by atoms with E-state index >= 15 is 0 Å². The first kappa shape index (κ1) is 24.5. The lowest BCUT2D eigenvalue weighted by molar-refractivity contribution is -0.130. The van der Waals surface area contributed by atoms with Crippen molar-refractivity contribution in [1.82, 2.24) is 29.7 Å². The second kappa shape index (κ2) is 11.2. The number of hydrogen-bond acceptors (Lipinski definition) is 7. The summed E-state index contributed by atoms with van der Waals surface area (Å²) < 4.78 is 7.13. The third kappa shape index (κ3) is 6.27. The maximum atomic E-state index is 12.9. The number of imidazole rings is 1. The van der Waals surface area contributed by atoms with Gasteiger partial charge < -0.3 is 19.9 Å². The van der Waals surface area contributed by atoms with E-state index in [1.54, 1.807) is 34.3 Å². The predicted molar refractivity (Wildman–Crippen MR) is 132 cm³/mol. The zero-order valence-electron chi connectivity index (χ0n) is 19.7. The number of aromatic nitrogens is 4. The summed E-state index contributed by atoms with van der Waals surface area (Å²) in [4.78, 5) is 41.7. The van der Waals surface area contributed by atoms with Crippen molar-refractivity contribution >= 4 is 29.2 Å². The highest BCUT2D eigenvalue weighted by molar-refractivity contribution is 6.29. The number of carbonyl (C=O) groups excluding carboxylic acids is 2. The molecule has 0 saturated carbocycles. The molecule has 1 aliphatic heterocycles. The highest BCUT2D eigenvalue weighted by Crippen LogP contribution is 2.24. The van der Waals surface area contributed by atoms with Crippen LogP contribution in [-0.2, 0) is 16.1 Å². The maximum absolute atomic E-state index is 12.9. The minimum atomic E-state index is -0.269. The molecular weight excluding hydrogens is 470 g/mol. The van der Waals surface area contributed by atoms with Crippen molar-refractivity contribution in [3.8, 4) is 11.7 Å². The van der Waals surface area contributed by atoms with E-state index in [-0.39, 0.29) is 29.4 Å². The third-order valence-corrected chi connectivity index (χ3v) is 5.97. The van der Waals surface area contributed by atoms with Crippen LogP contribution in [0.3, 0.4) is 0 Å². The Balaban J connectivity index is 1.48. The van der Waals surface area contributed by atoms with Crippen LogP contribution in [0.15, 0.2) is 49.1 Å². The Bertz CT molecular complexity index is 1150. The number of halogens is 1. The van der Waals surface area contributed by atoms with Gasteiger partial charge in [0.15, 0.2) is 0 Å². The van der Waals surface area contributed by atoms with Gasteiger partial charge in [0.2, 0.25) is 17.8 Å². The van der Waals surface area contributed by atoms with Crippen molar-refractivity contribution in [1.29, 1.82) is 0 Å². The Kier molecular flexibility index (Phi) is 7.81. The normalized spacial score (nSPS) is 15.7. The lowest BCUT2D eigenvalue weighted by Gasteiger charge is -2.41. The van der Waals surface area contributed by atoms with Gasteiger partial charge in [-0.2, -0.15) is 4.98 Å². The number of amides is 2. The number of carbonyl (C=O) groups is 2. The van der Waals surface area contributed by atoms with Crippen molar-refractivity contribution in [3.05, 3.63) is 59.8 Å². The number of benzene rings is 1. The van der Waals surface area contributed by atoms with Crippen LogP contribution in [0.5, 0.6) is 5.75 Å². The molecular formula is C24H28ClN7O3. The quantitative estimate of drug-likeness (QED) is 0.476. The Morgan fingerprint density at radius 1 is 1.20 bits per heavy atom. The smallest absolute Gasteiger partial charge is 0.238 e. The van der Waals surface area contributed by atoms with E-state index < -0.39 is 0 Å². The molecule has 0 radical (unpaired) electrons. The van der Waals surface area contributed by atoms with E-state index in [0.717, 1.165) is 11.3 Å². The van der Waals surface area contributed by atoms with Crippen LogP contribution >= 0.6 is 11.6 Å². The minimum Gasteiger partial charge on any atom is -0.494 e. The largest absolute Gasteiger partial charge is 0.494 e. The molecule has 4 rings (SSSR count). The van der Waals surface area contributed by atoms with E-state index in [9.17, 15) is 9.59 Å². The number of hydrogen-bond donors (Lipinski definition) is 1. The summed E-state index contributed by atoms with van der Waals surface area (Å²) in [5.74, 6) is 1.64. The van der Waals surface area contributed by atoms with E-state index in [4.69, 9.17) is 16.3 Å². The zero-order chi connectivity index (χ0) is 24.8. The van der Waals surface area contributed by atoms with Gasteiger partial charge in [0.05, 0.1) is 12.6 Å². The molecule has 1 saturated heterocycles. The van der Waals surface area contributed by atoms with Crippen LogP contribution in [-0.4, -0.2) is 68.5 Å². The number of nitrogens with one attached hydrogen (secondary N) is 1. The summed E-state index contributed by atoms with van der Waals surface area (Å²) in [6, 6.07) is 9.03. The third-order valence-electron chi connectivity index (χ3n) is 5.77. The predicted octanol–water partition coefficient (Wildman–Crippen LogP) is 2.46. The topological polar surface area (TPSA) is 105 Å². The highest BCUT2D eigenvalue weighted by atomic mass is 35.5. The fourth-order valence-electron chi connectivity index (χ4n) is 4.01. The molecule has 35 heavy (non-hydrogen) atoms. The minimum absolute atomic E-state index is 0.0238. The number of ether oxygens (including phenoxy) is 1. The molecule has 10 nitrogen and oxygen atoms in total. The van der Waals surface area contributed by atoms with Gasteiger partial charge in [-0.15, -0.1) is 0 Å². The number of anilines is 1. The van der Waals surface area contributed by atoms with Gasteiger partial charge >= 0.3 is 0 Å². The molecule has 1 unspecified atom stereocenters. The van der Waals surface area contributed by atoms with Gasteiger partial charge in [0.1, 0.15) is 23.0 Å². The molecule has 2 amide bonds. The SMILES string of the molecule is CCOc1ccc(CNC(=O)CC2CN(C(C)=O)CCN2c2cc(Cl)nc(-n3ccnc3)n2)cc1. The average molecular weight is 498 g/mol. The summed E-state index contributed by atoms with van der Waals surface area (Å²) in [5, 5.41) is 3.26. The van der Waals surface area contributed by atoms with Crippen molar-refractivity contribution in [2.45, 2.75) is 32.9 Å². The molecule has 3 heterocycles. The number of nitrogens with zero attached hydrogens (tertiary/aromatic N) is 6. The van der Waals surface area contributed by atoms with E-state index in [1.165, 1.54) is 6.92 Å². The monoisotopic (exact) mass is 497 g/mol. The van der Waals surface area contributed by atoms with Crippen molar-refractivity contribution < 1.29 is 14.3 Å². The summed E-state index contributed by atoms with van der Waals surface area (Å²) in [6.07, 6.45) is 5.15. The van der Waals surface area contributed by atoms with Crippen LogP contribution in [0.1, 0.15) is 25.8 Å². The Labute approximate surface area is 208 Å². The summed E-state index contributed by atoms with van der Waals surface area (Å²) >= 11 is 6.30. The Morgan fingerprint density at radius 3 is 2.69 bits per heavy atom. The van der Waals surface area contributed by atoms with Gasteiger partial charge in [-0.05, 0) is 24.6 Å². The molecule has 1 fully saturated rings. The van der Waals surface area contributed by atoms with E-state index in [2.05, 4.69) is 20.3 Å². The van der Waals surface area contributed by atoms with Gasteiger partial charge in [0.25, 0.3) is 0 Å². The van der Waals surface area contributed by atoms with E-state index in [0.29, 0.717) is 44.6 Å². The Morgan fingerprint density at radius 2 is 2.00 bits per heavy atom. The van der Waals surface area contributed by atoms with Gasteiger partial charge in [0, 0.05) is 58.0 Å². The number of rotatable bonds is 8. The molecule has 3 aromatic rings. The molecule has 0 aliphatic carbocycles. The van der Waals surface area contributed by atoms with Crippen molar-refractivity contribution in [3.63, 3.8) is 0 Å². The fraction of sp³-hybridized carbons (Fsp3) is 0.375. The van der Waals surface area contributed by atoms with Gasteiger partial charge in [-0.25, -0.2) is 9.97 Å². The molecule has 0 spiro atoms. The van der Waals surface area contributed by atoms with Crippen molar-refractivity contribution in [2.75, 3.05) is 31.1 Å². The second-order valence-corrected chi connectivity index (χ2v) is 8.58. The highest BCUT2D eigenvalue weighted by Gasteiger charge is 2.31. The molecule has 11 heteroatoms. The first-order valence-corrected chi connectivity index (χ1v) is 11.8. The molecule has 1 aromatic carbocycles. The first-order valence-electron chi connectivity index (χ1n) is 11.5. The zero-order valence-corrected chi connectivity index (χ0v) is 20.5. The molecule has 1 aliphatic rings. The maximum Gasteiger partial charge on any atom is 0.238 e. The Hall–Kier alpha value is -3.66. The summed E-state index contributed by atoms with van der Waals surface area (Å²) in [7, 11) is 0. The molecule has 184 valence electrons. The first-order chi connectivity index (χ1) is 16.9. The van der Waals surface area contributed by atoms with Crippen LogP contribution in [0.25, 0.3) is 5.95 Å². The van der Waals surface area contributed by atoms with Crippen LogP contribution in [0.4, 0.5) is 5.82 Å². The van der Waals surface area contributed by atoms with Crippen LogP contribution in [0.2, 0.25) is 5.15 Å². The van der Waals surface area contributed by atoms with Crippen LogP contribution in [0, 0.1) is 0 Å². The molecule has 1 atom stereocenters. The van der Waals surface area contributed by atoms with Gasteiger partial charge in [-0.3, -0.25) is 14.2 Å². The van der Waals surface area contributed by atoms with E-state index in [1.807, 2.05) is 36.1 Å². The van der Waals surface area contributed by atoms with Gasteiger partial charge in [-0.1, -0.05) is 23.7 Å². The summed E-state index contributed by atoms with van der Waals surface area (Å²) in [6.45, 7) is 5.94. The second-order valence-electron chi connectivity index (χ2n) is 8.19.